The Kier molecular flexibility index (Phi) is 16.1. The molecule has 2 heterocycles. The Morgan fingerprint density at radius 1 is 0.769 bits per heavy atom. The fraction of sp³-hybridized carbons (Fsp3) is 0.575. The third-order valence-corrected chi connectivity index (χ3v) is 12.5. The van der Waals surface area contributed by atoms with E-state index < -0.39 is 56.0 Å². The molecule has 12 heteroatoms. The molecule has 0 radical (unpaired) electrons. The van der Waals surface area contributed by atoms with Crippen molar-refractivity contribution in [3.8, 4) is 0 Å². The van der Waals surface area contributed by atoms with Crippen LogP contribution in [0.15, 0.2) is 60.7 Å². The van der Waals surface area contributed by atoms with Crippen LogP contribution in [0.25, 0.3) is 0 Å². The van der Waals surface area contributed by atoms with E-state index in [4.69, 9.17) is 9.47 Å². The minimum absolute atomic E-state index is 0.0264. The molecule has 0 bridgehead atoms. The van der Waals surface area contributed by atoms with Gasteiger partial charge in [-0.2, -0.15) is 0 Å². The summed E-state index contributed by atoms with van der Waals surface area (Å²) in [6.45, 7) is 12.7. The molecule has 4 rings (SSSR count). The molecule has 3 amide bonds. The summed E-state index contributed by atoms with van der Waals surface area (Å²) in [4.78, 5) is 70.8. The first-order valence-corrected chi connectivity index (χ1v) is 20.9. The number of carbonyl (C=O) groups excluding carboxylic acids is 5. The molecule has 0 saturated carbocycles. The maximum atomic E-state index is 14.1. The van der Waals surface area contributed by atoms with Crippen LogP contribution >= 0.6 is 0 Å². The van der Waals surface area contributed by atoms with Gasteiger partial charge in [0.1, 0.15) is 0 Å². The van der Waals surface area contributed by atoms with Gasteiger partial charge in [-0.25, -0.2) is 0 Å². The van der Waals surface area contributed by atoms with Crippen LogP contribution in [0.5, 0.6) is 0 Å². The van der Waals surface area contributed by atoms with Crippen molar-refractivity contribution in [3.63, 3.8) is 0 Å². The van der Waals surface area contributed by atoms with Crippen molar-refractivity contribution in [2.75, 3.05) is 39.5 Å². The quantitative estimate of drug-likeness (QED) is 0.130. The second-order valence-corrected chi connectivity index (χ2v) is 18.2. The number of Topliss-reactive ketones (excluding diaryl/α,β-unsaturated/α-hetero) is 1. The van der Waals surface area contributed by atoms with Gasteiger partial charge in [0.25, 0.3) is 0 Å². The molecular formula is C40H57AsN4O7. The number of ketones is 1. The van der Waals surface area contributed by atoms with Crippen molar-refractivity contribution in [3.05, 3.63) is 71.8 Å². The van der Waals surface area contributed by atoms with E-state index in [2.05, 4.69) is 16.0 Å². The van der Waals surface area contributed by atoms with Gasteiger partial charge in [-0.1, -0.05) is 18.2 Å². The molecule has 284 valence electrons. The third-order valence-electron chi connectivity index (χ3n) is 9.38. The zero-order valence-electron chi connectivity index (χ0n) is 31.3. The Balaban J connectivity index is 1.51. The molecule has 2 aliphatic rings. The molecule has 2 saturated heterocycles. The number of carbonyl (C=O) groups is 5. The summed E-state index contributed by atoms with van der Waals surface area (Å²) in [5.74, 6) is -0.959. The van der Waals surface area contributed by atoms with Gasteiger partial charge < -0.3 is 4.74 Å². The minimum atomic E-state index is -1.49. The second-order valence-electron chi connectivity index (χ2n) is 15.0. The van der Waals surface area contributed by atoms with Gasteiger partial charge in [-0.3, -0.25) is 0 Å². The van der Waals surface area contributed by atoms with Crippen molar-refractivity contribution in [1.82, 2.24) is 20.9 Å². The van der Waals surface area contributed by atoms with E-state index in [9.17, 15) is 24.0 Å². The number of nitrogens with one attached hydrogen (secondary N) is 3. The van der Waals surface area contributed by atoms with Crippen molar-refractivity contribution < 1.29 is 33.4 Å². The first-order valence-electron chi connectivity index (χ1n) is 18.6. The van der Waals surface area contributed by atoms with Gasteiger partial charge in [-0.05, 0) is 0 Å². The molecule has 52 heavy (non-hydrogen) atoms. The number of hydrogen-bond acceptors (Lipinski definition) is 8. The topological polar surface area (TPSA) is 146 Å². The van der Waals surface area contributed by atoms with Gasteiger partial charge >= 0.3 is 267 Å². The molecule has 2 fully saturated rings. The summed E-state index contributed by atoms with van der Waals surface area (Å²) >= 11 is -1.49. The molecule has 2 aromatic carbocycles. The SMILES string of the molecule is CC(C)C[C@H](NC(=O)[C@H](CCc1ccccc1)NC(=O)CN1CCOCC1)C(=O)N[C@@H](Cc1ccccc1)C(=O)[AsH][C@@H](CC(C)C)C(=O)[C@@]1(C)CO1. The predicted molar refractivity (Wildman–Crippen MR) is 202 cm³/mol. The van der Waals surface area contributed by atoms with Gasteiger partial charge in [0.2, 0.25) is 0 Å². The van der Waals surface area contributed by atoms with Crippen molar-refractivity contribution >= 4 is 43.8 Å². The Bertz CT molecular complexity index is 1480. The average Bonchev–Trinajstić information content (AvgIpc) is 3.87. The number of benzene rings is 2. The van der Waals surface area contributed by atoms with Crippen molar-refractivity contribution in [2.45, 2.75) is 95.2 Å². The van der Waals surface area contributed by atoms with E-state index >= 15 is 0 Å². The van der Waals surface area contributed by atoms with E-state index in [1.807, 2.05) is 93.3 Å². The second kappa shape index (κ2) is 20.2. The van der Waals surface area contributed by atoms with E-state index in [-0.39, 0.29) is 41.1 Å². The summed E-state index contributed by atoms with van der Waals surface area (Å²) in [5, 5.41) is 8.88. The molecule has 1 unspecified atom stereocenters. The standard InChI is InChI=1S/C40H57AsN4O7/c1-27(2)22-31(36(47)40(5)26-52-40)41-37(48)33(24-30-14-10-7-11-15-30)43-39(50)34(23-28(3)4)44-38(49)32(17-16-29-12-8-6-9-13-29)42-35(46)25-45-18-20-51-21-19-45/h6-15,27-28,31-34,41H,16-26H2,1-5H3,(H,42,46)(H,43,50)(H,44,49)/t31-,32-,33-,34-,40+/m0/s1. The van der Waals surface area contributed by atoms with E-state index in [0.29, 0.717) is 58.6 Å². The van der Waals surface area contributed by atoms with Crippen LogP contribution in [0.2, 0.25) is 4.71 Å². The van der Waals surface area contributed by atoms with Crippen LogP contribution in [0.3, 0.4) is 0 Å². The molecule has 0 aromatic heterocycles. The van der Waals surface area contributed by atoms with Crippen LogP contribution < -0.4 is 16.0 Å². The number of epoxide rings is 1. The summed E-state index contributed by atoms with van der Waals surface area (Å²) in [5.41, 5.74) is 1.08. The molecule has 6 atom stereocenters. The van der Waals surface area contributed by atoms with Gasteiger partial charge in [0.15, 0.2) is 0 Å². The maximum absolute atomic E-state index is 14.1. The van der Waals surface area contributed by atoms with Crippen LogP contribution in [-0.4, -0.2) is 112 Å². The predicted octanol–water partition coefficient (Wildman–Crippen LogP) is 2.85. The summed E-state index contributed by atoms with van der Waals surface area (Å²) in [6, 6.07) is 16.5. The van der Waals surface area contributed by atoms with Crippen molar-refractivity contribution in [2.24, 2.45) is 11.8 Å². The molecule has 2 aliphatic heterocycles. The number of ether oxygens (including phenoxy) is 2. The first-order chi connectivity index (χ1) is 24.8. The van der Waals surface area contributed by atoms with Gasteiger partial charge in [0.05, 0.1) is 13.2 Å². The Labute approximate surface area is 315 Å². The summed E-state index contributed by atoms with van der Waals surface area (Å²) in [6.07, 6.45) is 2.08. The number of hydrogen-bond donors (Lipinski definition) is 3. The van der Waals surface area contributed by atoms with Gasteiger partial charge in [-0.15, -0.1) is 0 Å². The van der Waals surface area contributed by atoms with Crippen LogP contribution in [0.4, 0.5) is 0 Å². The Hall–Kier alpha value is -3.37. The number of aryl methyl sites for hydroxylation is 1. The zero-order chi connectivity index (χ0) is 37.7. The number of amides is 3. The van der Waals surface area contributed by atoms with E-state index in [0.717, 1.165) is 11.1 Å². The van der Waals surface area contributed by atoms with Crippen molar-refractivity contribution in [1.29, 1.82) is 0 Å². The Morgan fingerprint density at radius 3 is 1.90 bits per heavy atom. The van der Waals surface area contributed by atoms with E-state index in [1.165, 1.54) is 0 Å². The first kappa shape index (κ1) is 41.4. The van der Waals surface area contributed by atoms with Crippen LogP contribution in [-0.2, 0) is 46.3 Å². The fourth-order valence-corrected chi connectivity index (χ4v) is 9.99. The van der Waals surface area contributed by atoms with Crippen LogP contribution in [0.1, 0.15) is 65.0 Å². The molecule has 0 spiro atoms. The summed E-state index contributed by atoms with van der Waals surface area (Å²) < 4.78 is 10.3. The number of nitrogens with zero attached hydrogens (tertiary/aromatic N) is 1. The van der Waals surface area contributed by atoms with Gasteiger partial charge in [0, 0.05) is 13.1 Å². The molecule has 11 nitrogen and oxygen atoms in total. The molecular weight excluding hydrogens is 723 g/mol. The number of rotatable bonds is 21. The average molecular weight is 781 g/mol. The fourth-order valence-electron chi connectivity index (χ4n) is 6.33. The third kappa shape index (κ3) is 13.6. The monoisotopic (exact) mass is 780 g/mol. The normalized spacial score (nSPS) is 19.9. The van der Waals surface area contributed by atoms with E-state index in [1.54, 1.807) is 6.92 Å². The molecule has 3 N–H and O–H groups in total. The molecule has 2 aromatic rings. The van der Waals surface area contributed by atoms with Crippen LogP contribution in [0, 0.1) is 11.8 Å². The molecule has 0 aliphatic carbocycles. The number of morpholine rings is 1. The summed E-state index contributed by atoms with van der Waals surface area (Å²) in [7, 11) is 0. The Morgan fingerprint density at radius 2 is 1.33 bits per heavy atom. The zero-order valence-corrected chi connectivity index (χ0v) is 33.4.